The maximum atomic E-state index is 12.3. The van der Waals surface area contributed by atoms with Gasteiger partial charge in [-0.1, -0.05) is 13.8 Å². The van der Waals surface area contributed by atoms with Crippen LogP contribution in [0.5, 0.6) is 0 Å². The highest BCUT2D eigenvalue weighted by Crippen LogP contribution is 2.47. The Morgan fingerprint density at radius 2 is 1.36 bits per heavy atom. The SMILES string of the molecule is CCNC1(C(=O)C2(NCC)CC2)CC1. The van der Waals surface area contributed by atoms with Gasteiger partial charge in [0.2, 0.25) is 0 Å². The average molecular weight is 196 g/mol. The van der Waals surface area contributed by atoms with Gasteiger partial charge in [-0.2, -0.15) is 0 Å². The molecule has 0 aromatic rings. The Bertz CT molecular complexity index is 218. The van der Waals surface area contributed by atoms with Gasteiger partial charge in [-0.3, -0.25) is 4.79 Å². The van der Waals surface area contributed by atoms with Gasteiger partial charge in [0.25, 0.3) is 0 Å². The molecule has 0 atom stereocenters. The molecule has 0 amide bonds. The maximum absolute atomic E-state index is 12.3. The summed E-state index contributed by atoms with van der Waals surface area (Å²) >= 11 is 0. The highest BCUT2D eigenvalue weighted by molar-refractivity contribution is 6.01. The molecule has 2 saturated carbocycles. The lowest BCUT2D eigenvalue weighted by molar-refractivity contribution is -0.125. The molecular weight excluding hydrogens is 176 g/mol. The lowest BCUT2D eigenvalue weighted by Gasteiger charge is -2.22. The molecule has 0 aliphatic heterocycles. The molecule has 0 radical (unpaired) electrons. The minimum Gasteiger partial charge on any atom is -0.305 e. The minimum atomic E-state index is -0.145. The van der Waals surface area contributed by atoms with Gasteiger partial charge in [0.15, 0.2) is 5.78 Å². The van der Waals surface area contributed by atoms with Crippen LogP contribution in [-0.4, -0.2) is 30.0 Å². The van der Waals surface area contributed by atoms with Crippen molar-refractivity contribution < 1.29 is 4.79 Å². The summed E-state index contributed by atoms with van der Waals surface area (Å²) in [7, 11) is 0. The van der Waals surface area contributed by atoms with Crippen molar-refractivity contribution in [3.63, 3.8) is 0 Å². The summed E-state index contributed by atoms with van der Waals surface area (Å²) in [6, 6.07) is 0. The van der Waals surface area contributed by atoms with Crippen LogP contribution in [0.3, 0.4) is 0 Å². The van der Waals surface area contributed by atoms with E-state index in [-0.39, 0.29) is 11.1 Å². The molecule has 2 N–H and O–H groups in total. The van der Waals surface area contributed by atoms with E-state index in [0.29, 0.717) is 5.78 Å². The van der Waals surface area contributed by atoms with Crippen molar-refractivity contribution in [1.29, 1.82) is 0 Å². The van der Waals surface area contributed by atoms with E-state index in [0.717, 1.165) is 38.8 Å². The van der Waals surface area contributed by atoms with Crippen LogP contribution < -0.4 is 10.6 Å². The molecule has 14 heavy (non-hydrogen) atoms. The van der Waals surface area contributed by atoms with Crippen LogP contribution in [0.2, 0.25) is 0 Å². The molecule has 0 saturated heterocycles. The van der Waals surface area contributed by atoms with Crippen molar-refractivity contribution in [3.8, 4) is 0 Å². The van der Waals surface area contributed by atoms with Crippen molar-refractivity contribution in [3.05, 3.63) is 0 Å². The summed E-state index contributed by atoms with van der Waals surface area (Å²) in [6.07, 6.45) is 4.14. The molecule has 0 spiro atoms. The molecular formula is C11H20N2O. The number of carbonyl (C=O) groups excluding carboxylic acids is 1. The highest BCUT2D eigenvalue weighted by Gasteiger charge is 2.61. The lowest BCUT2D eigenvalue weighted by atomic mass is 10.0. The smallest absolute Gasteiger partial charge is 0.172 e. The van der Waals surface area contributed by atoms with Gasteiger partial charge >= 0.3 is 0 Å². The Morgan fingerprint density at radius 3 is 1.57 bits per heavy atom. The number of likely N-dealkylation sites (N-methyl/N-ethyl adjacent to an activating group) is 2. The van der Waals surface area contributed by atoms with Crippen molar-refractivity contribution in [2.45, 2.75) is 50.6 Å². The second-order valence-corrected chi connectivity index (χ2v) is 4.55. The fraction of sp³-hybridized carbons (Fsp3) is 0.909. The number of hydrogen-bond donors (Lipinski definition) is 2. The Balaban J connectivity index is 2.01. The lowest BCUT2D eigenvalue weighted by Crippen LogP contribution is -2.51. The van der Waals surface area contributed by atoms with E-state index in [1.54, 1.807) is 0 Å². The van der Waals surface area contributed by atoms with Crippen LogP contribution in [0, 0.1) is 0 Å². The van der Waals surface area contributed by atoms with Crippen molar-refractivity contribution >= 4 is 5.78 Å². The standard InChI is InChI=1S/C11H20N2O/c1-3-12-10(5-6-10)9(14)11(7-8-11)13-4-2/h12-13H,3-8H2,1-2H3. The van der Waals surface area contributed by atoms with Gasteiger partial charge < -0.3 is 10.6 Å². The molecule has 3 heteroatoms. The van der Waals surface area contributed by atoms with Gasteiger partial charge in [-0.15, -0.1) is 0 Å². The third-order valence-corrected chi connectivity index (χ3v) is 3.40. The fourth-order valence-electron chi connectivity index (χ4n) is 2.35. The summed E-state index contributed by atoms with van der Waals surface area (Å²) in [5, 5.41) is 6.70. The van der Waals surface area contributed by atoms with Crippen molar-refractivity contribution in [2.24, 2.45) is 0 Å². The monoisotopic (exact) mass is 196 g/mol. The van der Waals surface area contributed by atoms with Crippen molar-refractivity contribution in [1.82, 2.24) is 10.6 Å². The topological polar surface area (TPSA) is 41.1 Å². The number of rotatable bonds is 6. The van der Waals surface area contributed by atoms with E-state index in [1.807, 2.05) is 0 Å². The summed E-state index contributed by atoms with van der Waals surface area (Å²) in [6.45, 7) is 5.93. The third-order valence-electron chi connectivity index (χ3n) is 3.40. The van der Waals surface area contributed by atoms with E-state index in [9.17, 15) is 4.79 Å². The van der Waals surface area contributed by atoms with Crippen LogP contribution in [0.15, 0.2) is 0 Å². The molecule has 0 aromatic heterocycles. The Hall–Kier alpha value is -0.410. The molecule has 0 aromatic carbocycles. The number of ketones is 1. The van der Waals surface area contributed by atoms with Crippen LogP contribution in [0.25, 0.3) is 0 Å². The second kappa shape index (κ2) is 3.31. The first kappa shape index (κ1) is 10.1. The van der Waals surface area contributed by atoms with E-state index in [1.165, 1.54) is 0 Å². The van der Waals surface area contributed by atoms with Crippen LogP contribution in [0.4, 0.5) is 0 Å². The maximum Gasteiger partial charge on any atom is 0.172 e. The molecule has 2 rings (SSSR count). The molecule has 2 aliphatic rings. The van der Waals surface area contributed by atoms with Gasteiger partial charge in [-0.05, 0) is 38.8 Å². The zero-order chi connectivity index (χ0) is 10.2. The summed E-state index contributed by atoms with van der Waals surface area (Å²) in [5.41, 5.74) is -0.291. The first-order chi connectivity index (χ1) is 6.69. The zero-order valence-corrected chi connectivity index (χ0v) is 9.15. The molecule has 3 nitrogen and oxygen atoms in total. The van der Waals surface area contributed by atoms with Crippen LogP contribution in [0.1, 0.15) is 39.5 Å². The molecule has 2 aliphatic carbocycles. The van der Waals surface area contributed by atoms with Gasteiger partial charge in [0.1, 0.15) is 0 Å². The third kappa shape index (κ3) is 1.48. The summed E-state index contributed by atoms with van der Waals surface area (Å²) in [4.78, 5) is 12.3. The Labute approximate surface area is 85.6 Å². The summed E-state index contributed by atoms with van der Waals surface area (Å²) in [5.74, 6) is 0.425. The second-order valence-electron chi connectivity index (χ2n) is 4.55. The van der Waals surface area contributed by atoms with E-state index in [4.69, 9.17) is 0 Å². The predicted molar refractivity (Wildman–Crippen MR) is 56.3 cm³/mol. The first-order valence-corrected chi connectivity index (χ1v) is 5.74. The number of Topliss-reactive ketones (excluding diaryl/α,β-unsaturated/α-hetero) is 1. The Kier molecular flexibility index (Phi) is 2.40. The predicted octanol–water partition coefficient (Wildman–Crippen LogP) is 0.840. The zero-order valence-electron chi connectivity index (χ0n) is 9.15. The molecule has 2 fully saturated rings. The quantitative estimate of drug-likeness (QED) is 0.661. The van der Waals surface area contributed by atoms with E-state index in [2.05, 4.69) is 24.5 Å². The largest absolute Gasteiger partial charge is 0.305 e. The number of nitrogens with one attached hydrogen (secondary N) is 2. The molecule has 0 heterocycles. The van der Waals surface area contributed by atoms with Gasteiger partial charge in [0, 0.05) is 0 Å². The highest BCUT2D eigenvalue weighted by atomic mass is 16.1. The summed E-state index contributed by atoms with van der Waals surface area (Å²) < 4.78 is 0. The number of carbonyl (C=O) groups is 1. The van der Waals surface area contributed by atoms with Crippen LogP contribution >= 0.6 is 0 Å². The molecule has 0 bridgehead atoms. The first-order valence-electron chi connectivity index (χ1n) is 5.74. The fourth-order valence-corrected chi connectivity index (χ4v) is 2.35. The number of hydrogen-bond acceptors (Lipinski definition) is 3. The molecule has 0 unspecified atom stereocenters. The van der Waals surface area contributed by atoms with Crippen molar-refractivity contribution in [2.75, 3.05) is 13.1 Å². The molecule has 80 valence electrons. The van der Waals surface area contributed by atoms with Crippen LogP contribution in [-0.2, 0) is 4.79 Å². The van der Waals surface area contributed by atoms with E-state index < -0.39 is 0 Å². The van der Waals surface area contributed by atoms with Gasteiger partial charge in [0.05, 0.1) is 11.1 Å². The van der Waals surface area contributed by atoms with E-state index >= 15 is 0 Å². The Morgan fingerprint density at radius 1 is 1.00 bits per heavy atom. The van der Waals surface area contributed by atoms with Gasteiger partial charge in [-0.25, -0.2) is 0 Å². The minimum absolute atomic E-state index is 0.145. The normalized spacial score (nSPS) is 25.9. The average Bonchev–Trinajstić information content (AvgIpc) is 3.01.